The number of non-ortho nitro benzene ring substituents is 1. The van der Waals surface area contributed by atoms with Crippen molar-refractivity contribution in [3.63, 3.8) is 0 Å². The van der Waals surface area contributed by atoms with E-state index in [4.69, 9.17) is 5.73 Å². The topological polar surface area (TPSA) is 84.4 Å². The average molecular weight is 318 g/mol. The number of nitro groups is 1. The first-order valence-corrected chi connectivity index (χ1v) is 8.64. The molecule has 0 spiro atoms. The van der Waals surface area contributed by atoms with Gasteiger partial charge in [0.2, 0.25) is 0 Å². The van der Waals surface area contributed by atoms with Gasteiger partial charge < -0.3 is 16.0 Å². The predicted octanol–water partition coefficient (Wildman–Crippen LogP) is 2.42. The minimum Gasteiger partial charge on any atom is -0.370 e. The van der Waals surface area contributed by atoms with Crippen LogP contribution >= 0.6 is 0 Å². The van der Waals surface area contributed by atoms with Crippen molar-refractivity contribution >= 4 is 11.4 Å². The molecule has 0 bridgehead atoms. The number of piperidine rings is 1. The Morgan fingerprint density at radius 1 is 1.13 bits per heavy atom. The van der Waals surface area contributed by atoms with E-state index in [0.717, 1.165) is 31.6 Å². The number of nitrogens with two attached hydrogens (primary N) is 1. The minimum atomic E-state index is -0.352. The van der Waals surface area contributed by atoms with Gasteiger partial charge in [0.1, 0.15) is 0 Å². The van der Waals surface area contributed by atoms with Crippen LogP contribution in [0.4, 0.5) is 11.4 Å². The van der Waals surface area contributed by atoms with E-state index >= 15 is 0 Å². The lowest BCUT2D eigenvalue weighted by molar-refractivity contribution is -0.384. The number of benzene rings is 1. The number of nitro benzene ring substituents is 1. The molecule has 1 aromatic carbocycles. The highest BCUT2D eigenvalue weighted by Gasteiger charge is 2.27. The van der Waals surface area contributed by atoms with Crippen LogP contribution in [0.3, 0.4) is 0 Å². The Labute approximate surface area is 137 Å². The maximum Gasteiger partial charge on any atom is 0.269 e. The molecule has 126 valence electrons. The molecule has 0 aromatic heterocycles. The number of nitrogens with one attached hydrogen (secondary N) is 1. The zero-order valence-electron chi connectivity index (χ0n) is 13.5. The molecule has 0 radical (unpaired) electrons. The van der Waals surface area contributed by atoms with Crippen LogP contribution in [-0.2, 0) is 0 Å². The predicted molar refractivity (Wildman–Crippen MR) is 91.7 cm³/mol. The summed E-state index contributed by atoms with van der Waals surface area (Å²) in [6.07, 6.45) is 7.12. The molecule has 0 amide bonds. The summed E-state index contributed by atoms with van der Waals surface area (Å²) in [4.78, 5) is 12.7. The zero-order valence-corrected chi connectivity index (χ0v) is 13.5. The van der Waals surface area contributed by atoms with E-state index in [1.54, 1.807) is 12.1 Å². The van der Waals surface area contributed by atoms with Crippen LogP contribution in [-0.4, -0.2) is 36.1 Å². The molecule has 2 fully saturated rings. The highest BCUT2D eigenvalue weighted by Crippen LogP contribution is 2.24. The summed E-state index contributed by atoms with van der Waals surface area (Å²) in [5.74, 6) is 0. The highest BCUT2D eigenvalue weighted by molar-refractivity contribution is 5.51. The van der Waals surface area contributed by atoms with Gasteiger partial charge in [-0.2, -0.15) is 0 Å². The number of hydrogen-bond acceptors (Lipinski definition) is 5. The fourth-order valence-corrected chi connectivity index (χ4v) is 3.80. The third-order valence-electron chi connectivity index (χ3n) is 5.12. The standard InChI is InChI=1S/C17H26N4O2/c18-16-5-1-2-6-17(16)19-13-4-3-11-20(12-13)14-7-9-15(10-8-14)21(22)23/h7-10,13,16-17,19H,1-6,11-12,18H2/t13-,16+,17+/m0/s1. The maximum atomic E-state index is 10.8. The molecule has 0 unspecified atom stereocenters. The van der Waals surface area contributed by atoms with Gasteiger partial charge in [0, 0.05) is 49.0 Å². The Balaban J connectivity index is 1.60. The van der Waals surface area contributed by atoms with Crippen LogP contribution in [0.2, 0.25) is 0 Å². The van der Waals surface area contributed by atoms with Crippen LogP contribution in [0.5, 0.6) is 0 Å². The zero-order chi connectivity index (χ0) is 16.2. The normalized spacial score (nSPS) is 28.6. The van der Waals surface area contributed by atoms with Crippen molar-refractivity contribution in [1.29, 1.82) is 0 Å². The largest absolute Gasteiger partial charge is 0.370 e. The maximum absolute atomic E-state index is 10.8. The molecule has 23 heavy (non-hydrogen) atoms. The van der Waals surface area contributed by atoms with Gasteiger partial charge in [0.05, 0.1) is 4.92 Å². The summed E-state index contributed by atoms with van der Waals surface area (Å²) < 4.78 is 0. The second kappa shape index (κ2) is 7.27. The summed E-state index contributed by atoms with van der Waals surface area (Å²) in [7, 11) is 0. The van der Waals surface area contributed by atoms with Crippen molar-refractivity contribution in [2.24, 2.45) is 5.73 Å². The van der Waals surface area contributed by atoms with E-state index in [2.05, 4.69) is 10.2 Å². The monoisotopic (exact) mass is 318 g/mol. The molecule has 1 saturated heterocycles. The van der Waals surface area contributed by atoms with Crippen LogP contribution in [0.25, 0.3) is 0 Å². The third kappa shape index (κ3) is 4.00. The van der Waals surface area contributed by atoms with Gasteiger partial charge in [-0.25, -0.2) is 0 Å². The Morgan fingerprint density at radius 3 is 2.57 bits per heavy atom. The molecule has 1 aliphatic carbocycles. The van der Waals surface area contributed by atoms with E-state index in [-0.39, 0.29) is 16.7 Å². The van der Waals surface area contributed by atoms with E-state index in [1.807, 2.05) is 12.1 Å². The first kappa shape index (κ1) is 16.2. The van der Waals surface area contributed by atoms with Crippen molar-refractivity contribution in [1.82, 2.24) is 5.32 Å². The Bertz CT molecular complexity index is 534. The lowest BCUT2D eigenvalue weighted by Gasteiger charge is -2.39. The first-order chi connectivity index (χ1) is 11.1. The van der Waals surface area contributed by atoms with Gasteiger partial charge >= 0.3 is 0 Å². The molecule has 1 aromatic rings. The SMILES string of the molecule is N[C@@H]1CCCC[C@H]1N[C@H]1CCCN(c2ccc([N+](=O)[O-])cc2)C1. The molecular weight excluding hydrogens is 292 g/mol. The van der Waals surface area contributed by atoms with Crippen LogP contribution in [0.1, 0.15) is 38.5 Å². The Hall–Kier alpha value is -1.66. The molecule has 3 rings (SSSR count). The van der Waals surface area contributed by atoms with Gasteiger partial charge in [0.15, 0.2) is 0 Å². The van der Waals surface area contributed by atoms with Crippen molar-refractivity contribution in [2.75, 3.05) is 18.0 Å². The van der Waals surface area contributed by atoms with Crippen LogP contribution < -0.4 is 16.0 Å². The molecular formula is C17H26N4O2. The smallest absolute Gasteiger partial charge is 0.269 e. The number of hydrogen-bond donors (Lipinski definition) is 2. The number of rotatable bonds is 4. The lowest BCUT2D eigenvalue weighted by atomic mass is 9.89. The van der Waals surface area contributed by atoms with E-state index in [1.165, 1.54) is 25.7 Å². The fourth-order valence-electron chi connectivity index (χ4n) is 3.80. The molecule has 3 atom stereocenters. The minimum absolute atomic E-state index is 0.147. The summed E-state index contributed by atoms with van der Waals surface area (Å²) >= 11 is 0. The van der Waals surface area contributed by atoms with E-state index < -0.39 is 0 Å². The fraction of sp³-hybridized carbons (Fsp3) is 0.647. The molecule has 6 nitrogen and oxygen atoms in total. The van der Waals surface area contributed by atoms with Gasteiger partial charge in [-0.15, -0.1) is 0 Å². The van der Waals surface area contributed by atoms with Gasteiger partial charge in [-0.1, -0.05) is 12.8 Å². The first-order valence-electron chi connectivity index (χ1n) is 8.64. The second-order valence-corrected chi connectivity index (χ2v) is 6.78. The molecule has 2 aliphatic rings. The Kier molecular flexibility index (Phi) is 5.13. The molecule has 6 heteroatoms. The summed E-state index contributed by atoms with van der Waals surface area (Å²) in [5, 5.41) is 14.5. The number of anilines is 1. The highest BCUT2D eigenvalue weighted by atomic mass is 16.6. The second-order valence-electron chi connectivity index (χ2n) is 6.78. The molecule has 1 heterocycles. The van der Waals surface area contributed by atoms with Crippen molar-refractivity contribution < 1.29 is 4.92 Å². The molecule has 3 N–H and O–H groups in total. The number of nitrogens with zero attached hydrogens (tertiary/aromatic N) is 2. The summed E-state index contributed by atoms with van der Waals surface area (Å²) in [5.41, 5.74) is 7.46. The molecule has 1 saturated carbocycles. The average Bonchev–Trinajstić information content (AvgIpc) is 2.57. The van der Waals surface area contributed by atoms with Crippen LogP contribution in [0, 0.1) is 10.1 Å². The van der Waals surface area contributed by atoms with E-state index in [0.29, 0.717) is 12.1 Å². The van der Waals surface area contributed by atoms with Gasteiger partial charge in [-0.05, 0) is 37.8 Å². The van der Waals surface area contributed by atoms with Crippen LogP contribution in [0.15, 0.2) is 24.3 Å². The van der Waals surface area contributed by atoms with Gasteiger partial charge in [-0.3, -0.25) is 10.1 Å². The Morgan fingerprint density at radius 2 is 1.87 bits per heavy atom. The van der Waals surface area contributed by atoms with E-state index in [9.17, 15) is 10.1 Å². The van der Waals surface area contributed by atoms with Gasteiger partial charge in [0.25, 0.3) is 5.69 Å². The quantitative estimate of drug-likeness (QED) is 0.658. The van der Waals surface area contributed by atoms with Crippen molar-refractivity contribution in [3.05, 3.63) is 34.4 Å². The third-order valence-corrected chi connectivity index (χ3v) is 5.12. The summed E-state index contributed by atoms with van der Waals surface area (Å²) in [6.45, 7) is 1.95. The van der Waals surface area contributed by atoms with Crippen molar-refractivity contribution in [3.8, 4) is 0 Å². The lowest BCUT2D eigenvalue weighted by Crippen LogP contribution is -2.55. The summed E-state index contributed by atoms with van der Waals surface area (Å²) in [6, 6.07) is 8.05. The molecule has 1 aliphatic heterocycles. The van der Waals surface area contributed by atoms with Crippen molar-refractivity contribution in [2.45, 2.75) is 56.7 Å².